The average molecular weight is 218 g/mol. The monoisotopic (exact) mass is 217 g/mol. The van der Waals surface area contributed by atoms with E-state index in [1.165, 1.54) is 23.9 Å². The van der Waals surface area contributed by atoms with Gasteiger partial charge in [0, 0.05) is 11.0 Å². The topological polar surface area (TPSA) is 29.1 Å². The van der Waals surface area contributed by atoms with Crippen LogP contribution in [0.1, 0.15) is 0 Å². The van der Waals surface area contributed by atoms with Crippen LogP contribution < -0.4 is 5.32 Å². The number of hydrogen-bond acceptors (Lipinski definition) is 2. The molecule has 0 saturated carbocycles. The molecule has 13 heavy (non-hydrogen) atoms. The van der Waals surface area contributed by atoms with E-state index in [1.807, 2.05) is 0 Å². The van der Waals surface area contributed by atoms with Gasteiger partial charge < -0.3 is 5.32 Å². The van der Waals surface area contributed by atoms with E-state index in [0.717, 1.165) is 4.90 Å². The zero-order chi connectivity index (χ0) is 9.42. The molecule has 0 fully saturated rings. The number of halogens is 2. The minimum atomic E-state index is -0.511. The highest BCUT2D eigenvalue weighted by Gasteiger charge is 2.17. The van der Waals surface area contributed by atoms with E-state index in [1.54, 1.807) is 0 Å². The van der Waals surface area contributed by atoms with Gasteiger partial charge in [0.2, 0.25) is 5.91 Å². The highest BCUT2D eigenvalue weighted by Crippen LogP contribution is 2.34. The average Bonchev–Trinajstić information content (AvgIpc) is 2.08. The number of anilines is 1. The molecule has 0 radical (unpaired) electrons. The molecule has 0 atom stereocenters. The van der Waals surface area contributed by atoms with Gasteiger partial charge in [0.25, 0.3) is 0 Å². The molecule has 1 aliphatic heterocycles. The van der Waals surface area contributed by atoms with Crippen LogP contribution in [0.25, 0.3) is 0 Å². The molecule has 5 heteroatoms. The molecule has 0 spiro atoms. The molecule has 0 unspecified atom stereocenters. The van der Waals surface area contributed by atoms with Gasteiger partial charge in [-0.2, -0.15) is 0 Å². The molecule has 1 heterocycles. The number of amides is 1. The molecule has 1 N–H and O–H groups in total. The molecule has 68 valence electrons. The van der Waals surface area contributed by atoms with Crippen molar-refractivity contribution in [3.05, 3.63) is 23.0 Å². The molecule has 0 saturated heterocycles. The van der Waals surface area contributed by atoms with Crippen molar-refractivity contribution in [3.63, 3.8) is 0 Å². The summed E-state index contributed by atoms with van der Waals surface area (Å²) < 4.78 is 12.9. The Kier molecular flexibility index (Phi) is 2.17. The third kappa shape index (κ3) is 1.64. The van der Waals surface area contributed by atoms with Crippen LogP contribution in [0.2, 0.25) is 5.02 Å². The van der Waals surface area contributed by atoms with Gasteiger partial charge in [-0.1, -0.05) is 11.6 Å². The fourth-order valence-corrected chi connectivity index (χ4v) is 2.13. The van der Waals surface area contributed by atoms with Crippen molar-refractivity contribution in [1.29, 1.82) is 0 Å². The maximum atomic E-state index is 12.9. The smallest absolute Gasteiger partial charge is 0.234 e. The second-order valence-corrected chi connectivity index (χ2v) is 4.02. The van der Waals surface area contributed by atoms with Crippen LogP contribution in [0, 0.1) is 5.82 Å². The molecule has 2 nitrogen and oxygen atoms in total. The molecular formula is C8H5ClFNOS. The predicted octanol–water partition coefficient (Wildman–Crippen LogP) is 2.52. The number of benzene rings is 1. The molecular weight excluding hydrogens is 213 g/mol. The number of rotatable bonds is 0. The Morgan fingerprint density at radius 2 is 2.31 bits per heavy atom. The van der Waals surface area contributed by atoms with Crippen molar-refractivity contribution >= 4 is 35.0 Å². The first-order chi connectivity index (χ1) is 6.16. The van der Waals surface area contributed by atoms with Crippen molar-refractivity contribution < 1.29 is 9.18 Å². The minimum absolute atomic E-state index is 0.0856. The summed E-state index contributed by atoms with van der Waals surface area (Å²) in [6.45, 7) is 0. The summed E-state index contributed by atoms with van der Waals surface area (Å²) in [5.41, 5.74) is 0.503. The van der Waals surface area contributed by atoms with Crippen LogP contribution in [0.15, 0.2) is 17.0 Å². The number of fused-ring (bicyclic) bond motifs is 1. The summed E-state index contributed by atoms with van der Waals surface area (Å²) in [4.78, 5) is 11.7. The van der Waals surface area contributed by atoms with Gasteiger partial charge in [-0.15, -0.1) is 11.8 Å². The maximum absolute atomic E-state index is 12.9. The summed E-state index contributed by atoms with van der Waals surface area (Å²) in [5.74, 6) is -0.267. The first-order valence-corrected chi connectivity index (χ1v) is 4.95. The van der Waals surface area contributed by atoms with E-state index in [-0.39, 0.29) is 10.9 Å². The molecule has 1 aromatic rings. The molecule has 0 bridgehead atoms. The largest absolute Gasteiger partial charge is 0.324 e. The van der Waals surface area contributed by atoms with Gasteiger partial charge in [-0.25, -0.2) is 4.39 Å². The first kappa shape index (κ1) is 8.84. The highest BCUT2D eigenvalue weighted by atomic mass is 35.5. The fraction of sp³-hybridized carbons (Fsp3) is 0.125. The zero-order valence-electron chi connectivity index (χ0n) is 6.43. The van der Waals surface area contributed by atoms with Crippen LogP contribution in [0.4, 0.5) is 10.1 Å². The minimum Gasteiger partial charge on any atom is -0.324 e. The van der Waals surface area contributed by atoms with E-state index >= 15 is 0 Å². The first-order valence-electron chi connectivity index (χ1n) is 3.58. The van der Waals surface area contributed by atoms with Crippen molar-refractivity contribution in [3.8, 4) is 0 Å². The second-order valence-electron chi connectivity index (χ2n) is 2.60. The third-order valence-electron chi connectivity index (χ3n) is 1.66. The number of nitrogens with one attached hydrogen (secondary N) is 1. The van der Waals surface area contributed by atoms with E-state index in [2.05, 4.69) is 5.32 Å². The summed E-state index contributed by atoms with van der Waals surface area (Å²) in [5, 5.41) is 2.66. The van der Waals surface area contributed by atoms with Crippen molar-refractivity contribution in [2.24, 2.45) is 0 Å². The molecule has 1 aliphatic rings. The lowest BCUT2D eigenvalue weighted by Crippen LogP contribution is -2.18. The third-order valence-corrected chi connectivity index (χ3v) is 3.00. The van der Waals surface area contributed by atoms with Crippen LogP contribution in [-0.2, 0) is 4.79 Å². The second kappa shape index (κ2) is 3.20. The fourth-order valence-electron chi connectivity index (χ4n) is 1.08. The van der Waals surface area contributed by atoms with Crippen LogP contribution in [0.3, 0.4) is 0 Å². The van der Waals surface area contributed by atoms with E-state index in [0.29, 0.717) is 11.4 Å². The van der Waals surface area contributed by atoms with E-state index < -0.39 is 5.82 Å². The Morgan fingerprint density at radius 3 is 3.08 bits per heavy atom. The Morgan fingerprint density at radius 1 is 1.54 bits per heavy atom. The van der Waals surface area contributed by atoms with Crippen molar-refractivity contribution in [2.45, 2.75) is 4.90 Å². The van der Waals surface area contributed by atoms with Crippen molar-refractivity contribution in [2.75, 3.05) is 11.1 Å². The number of carbonyl (C=O) groups excluding carboxylic acids is 1. The van der Waals surface area contributed by atoms with Crippen molar-refractivity contribution in [1.82, 2.24) is 0 Å². The molecule has 1 aromatic carbocycles. The number of thioether (sulfide) groups is 1. The summed E-state index contributed by atoms with van der Waals surface area (Å²) >= 11 is 6.94. The molecule has 2 rings (SSSR count). The van der Waals surface area contributed by atoms with Crippen LogP contribution >= 0.6 is 23.4 Å². The Labute approximate surface area is 83.5 Å². The number of carbonyl (C=O) groups is 1. The number of hydrogen-bond donors (Lipinski definition) is 1. The highest BCUT2D eigenvalue weighted by molar-refractivity contribution is 8.00. The Balaban J connectivity index is 2.49. The van der Waals surface area contributed by atoms with Gasteiger partial charge in [0.05, 0.1) is 16.5 Å². The van der Waals surface area contributed by atoms with Gasteiger partial charge >= 0.3 is 0 Å². The summed E-state index contributed by atoms with van der Waals surface area (Å²) in [7, 11) is 0. The lowest BCUT2D eigenvalue weighted by molar-refractivity contribution is -0.113. The summed E-state index contributed by atoms with van der Waals surface area (Å²) in [6, 6.07) is 2.76. The van der Waals surface area contributed by atoms with Gasteiger partial charge in [-0.3, -0.25) is 4.79 Å². The molecule has 1 amide bonds. The molecule has 0 aromatic heterocycles. The van der Waals surface area contributed by atoms with Gasteiger partial charge in [0.1, 0.15) is 5.82 Å². The van der Waals surface area contributed by atoms with E-state index in [9.17, 15) is 9.18 Å². The lowest BCUT2D eigenvalue weighted by atomic mass is 10.3. The Hall–Kier alpha value is -0.740. The quantitative estimate of drug-likeness (QED) is 0.724. The van der Waals surface area contributed by atoms with Gasteiger partial charge in [-0.05, 0) is 6.07 Å². The summed E-state index contributed by atoms with van der Waals surface area (Å²) in [6.07, 6.45) is 0. The predicted molar refractivity (Wildman–Crippen MR) is 50.8 cm³/mol. The SMILES string of the molecule is O=C1CSc2cc(Cl)c(F)cc2N1. The van der Waals surface area contributed by atoms with Crippen LogP contribution in [-0.4, -0.2) is 11.7 Å². The lowest BCUT2D eigenvalue weighted by Gasteiger charge is -2.16. The van der Waals surface area contributed by atoms with Crippen LogP contribution in [0.5, 0.6) is 0 Å². The van der Waals surface area contributed by atoms with E-state index in [4.69, 9.17) is 11.6 Å². The normalized spacial score (nSPS) is 15.1. The Bertz CT molecular complexity index is 383. The molecule has 0 aliphatic carbocycles. The maximum Gasteiger partial charge on any atom is 0.234 e. The van der Waals surface area contributed by atoms with Gasteiger partial charge in [0.15, 0.2) is 0 Å². The standard InChI is InChI=1S/C8H5ClFNOS/c9-4-1-7-6(2-5(4)10)11-8(12)3-13-7/h1-2H,3H2,(H,11,12). The zero-order valence-corrected chi connectivity index (χ0v) is 8.01.